The monoisotopic (exact) mass is 414 g/mol. The second-order valence-electron chi connectivity index (χ2n) is 8.51. The Morgan fingerprint density at radius 3 is 1.89 bits per heavy atom. The van der Waals surface area contributed by atoms with Gasteiger partial charge in [0.1, 0.15) is 5.75 Å². The van der Waals surface area contributed by atoms with Gasteiger partial charge in [-0.25, -0.2) is 0 Å². The summed E-state index contributed by atoms with van der Waals surface area (Å²) >= 11 is 5.69. The molecular weight excluding hydrogens is 385 g/mol. The number of halogens is 4. The van der Waals surface area contributed by atoms with Gasteiger partial charge in [0.25, 0.3) is 0 Å². The van der Waals surface area contributed by atoms with E-state index in [0.29, 0.717) is 11.8 Å². The molecule has 2 fully saturated rings. The van der Waals surface area contributed by atoms with E-state index in [1.165, 1.54) is 63.5 Å². The Kier molecular flexibility index (Phi) is 7.73. The summed E-state index contributed by atoms with van der Waals surface area (Å²) in [6.45, 7) is 0. The number of rotatable bonds is 6. The van der Waals surface area contributed by atoms with Crippen LogP contribution in [0, 0.1) is 17.8 Å². The molecule has 0 spiro atoms. The molecule has 1 nitrogen and oxygen atoms in total. The molecule has 0 heterocycles. The molecule has 0 bridgehead atoms. The highest BCUT2D eigenvalue weighted by molar-refractivity contribution is 6.25. The van der Waals surface area contributed by atoms with Gasteiger partial charge < -0.3 is 4.74 Å². The molecule has 1 aromatic rings. The summed E-state index contributed by atoms with van der Waals surface area (Å²) in [4.78, 5) is 0. The minimum Gasteiger partial charge on any atom is -0.406 e. The smallest absolute Gasteiger partial charge is 0.406 e. The number of benzene rings is 1. The minimum absolute atomic E-state index is 0.138. The molecule has 0 saturated heterocycles. The van der Waals surface area contributed by atoms with Crippen LogP contribution in [0.25, 0.3) is 0 Å². The summed E-state index contributed by atoms with van der Waals surface area (Å²) < 4.78 is 40.8. The molecule has 0 radical (unpaired) electrons. The zero-order valence-corrected chi connectivity index (χ0v) is 17.0. The third kappa shape index (κ3) is 6.72. The maximum Gasteiger partial charge on any atom is 0.573 e. The maximum absolute atomic E-state index is 12.3. The normalized spacial score (nSPS) is 29.1. The Balaban J connectivity index is 1.38. The lowest BCUT2D eigenvalue weighted by atomic mass is 9.74. The molecule has 2 aliphatic carbocycles. The average molecular weight is 415 g/mol. The van der Waals surface area contributed by atoms with Crippen LogP contribution in [0.2, 0.25) is 0 Å². The van der Waals surface area contributed by atoms with Crippen LogP contribution in [-0.2, 0) is 0 Å². The first-order valence-corrected chi connectivity index (χ1v) is 11.0. The van der Waals surface area contributed by atoms with Crippen LogP contribution in [-0.4, -0.2) is 6.36 Å². The molecule has 0 aliphatic heterocycles. The molecule has 0 unspecified atom stereocenters. The largest absolute Gasteiger partial charge is 0.573 e. The van der Waals surface area contributed by atoms with E-state index < -0.39 is 6.36 Å². The van der Waals surface area contributed by atoms with Crippen LogP contribution in [0.15, 0.2) is 35.9 Å². The van der Waals surface area contributed by atoms with Gasteiger partial charge >= 0.3 is 6.36 Å². The Morgan fingerprint density at radius 2 is 1.39 bits per heavy atom. The van der Waals surface area contributed by atoms with Gasteiger partial charge in [-0.3, -0.25) is 0 Å². The summed E-state index contributed by atoms with van der Waals surface area (Å²) in [6.07, 6.45) is 10.1. The quantitative estimate of drug-likeness (QED) is 0.455. The molecular formula is C23H30ClF3O. The van der Waals surface area contributed by atoms with Crippen molar-refractivity contribution in [2.45, 2.75) is 76.5 Å². The summed E-state index contributed by atoms with van der Waals surface area (Å²) in [5.41, 5.74) is 2.80. The zero-order chi connectivity index (χ0) is 20.0. The fourth-order valence-corrected chi connectivity index (χ4v) is 5.18. The van der Waals surface area contributed by atoms with Crippen molar-refractivity contribution in [2.75, 3.05) is 0 Å². The molecule has 2 aliphatic rings. The highest BCUT2D eigenvalue weighted by Crippen LogP contribution is 2.40. The van der Waals surface area contributed by atoms with Crippen LogP contribution in [0.5, 0.6) is 5.75 Å². The molecule has 2 saturated carbocycles. The van der Waals surface area contributed by atoms with E-state index in [4.69, 9.17) is 11.6 Å². The molecule has 0 amide bonds. The molecule has 1 aromatic carbocycles. The van der Waals surface area contributed by atoms with Crippen LogP contribution in [0.4, 0.5) is 13.2 Å². The Hall–Kier alpha value is -1.16. The molecule has 156 valence electrons. The van der Waals surface area contributed by atoms with Gasteiger partial charge in [-0.1, -0.05) is 42.7 Å². The first-order valence-electron chi connectivity index (χ1n) is 10.6. The van der Waals surface area contributed by atoms with Gasteiger partial charge in [-0.05, 0) is 92.7 Å². The van der Waals surface area contributed by atoms with E-state index in [1.54, 1.807) is 17.7 Å². The number of hydrogen-bond donors (Lipinski definition) is 0. The SMILES string of the molecule is FC(F)(F)Oc1ccc(C2CCC(CCC3CCC(C=CCl)CC3)CC2)cc1. The van der Waals surface area contributed by atoms with Crippen LogP contribution in [0.1, 0.15) is 75.7 Å². The Labute approximate surface area is 171 Å². The Bertz CT molecular complexity index is 610. The third-order valence-electron chi connectivity index (χ3n) is 6.65. The van der Waals surface area contributed by atoms with Gasteiger partial charge in [-0.15, -0.1) is 13.2 Å². The standard InChI is InChI=1S/C23H30ClF3O/c24-16-15-19-5-3-17(4-6-19)1-2-18-7-9-20(10-8-18)21-11-13-22(14-12-21)28-23(25,26)27/h11-20H,1-10H2. The predicted octanol–water partition coefficient (Wildman–Crippen LogP) is 8.20. The predicted molar refractivity (Wildman–Crippen MR) is 107 cm³/mol. The van der Waals surface area contributed by atoms with E-state index in [-0.39, 0.29) is 5.75 Å². The lowest BCUT2D eigenvalue weighted by Crippen LogP contribution is -2.18. The minimum atomic E-state index is -4.63. The van der Waals surface area contributed by atoms with Crippen molar-refractivity contribution in [2.24, 2.45) is 17.8 Å². The Morgan fingerprint density at radius 1 is 0.857 bits per heavy atom. The number of ether oxygens (including phenoxy) is 1. The first-order chi connectivity index (χ1) is 13.4. The summed E-state index contributed by atoms with van der Waals surface area (Å²) in [6, 6.07) is 6.45. The summed E-state index contributed by atoms with van der Waals surface area (Å²) in [7, 11) is 0. The van der Waals surface area contributed by atoms with Crippen molar-refractivity contribution in [1.29, 1.82) is 0 Å². The maximum atomic E-state index is 12.3. The van der Waals surface area contributed by atoms with Gasteiger partial charge in [0.2, 0.25) is 0 Å². The fourth-order valence-electron chi connectivity index (χ4n) is 4.97. The van der Waals surface area contributed by atoms with Crippen molar-refractivity contribution in [3.05, 3.63) is 41.4 Å². The van der Waals surface area contributed by atoms with E-state index in [1.807, 2.05) is 0 Å². The van der Waals surface area contributed by atoms with Gasteiger partial charge in [0.15, 0.2) is 0 Å². The van der Waals surface area contributed by atoms with Crippen LogP contribution >= 0.6 is 11.6 Å². The number of hydrogen-bond acceptors (Lipinski definition) is 1. The van der Waals surface area contributed by atoms with Crippen molar-refractivity contribution < 1.29 is 17.9 Å². The van der Waals surface area contributed by atoms with Gasteiger partial charge in [-0.2, -0.15) is 0 Å². The van der Waals surface area contributed by atoms with E-state index >= 15 is 0 Å². The molecule has 0 aromatic heterocycles. The zero-order valence-electron chi connectivity index (χ0n) is 16.3. The fraction of sp³-hybridized carbons (Fsp3) is 0.652. The average Bonchev–Trinajstić information content (AvgIpc) is 2.68. The van der Waals surface area contributed by atoms with Crippen molar-refractivity contribution in [3.63, 3.8) is 0 Å². The second-order valence-corrected chi connectivity index (χ2v) is 8.76. The molecule has 5 heteroatoms. The lowest BCUT2D eigenvalue weighted by Gasteiger charge is -2.31. The summed E-state index contributed by atoms with van der Waals surface area (Å²) in [5, 5.41) is 0. The molecule has 28 heavy (non-hydrogen) atoms. The van der Waals surface area contributed by atoms with Gasteiger partial charge in [0.05, 0.1) is 0 Å². The van der Waals surface area contributed by atoms with E-state index in [0.717, 1.165) is 30.2 Å². The molecule has 3 rings (SSSR count). The highest BCUT2D eigenvalue weighted by Gasteiger charge is 2.31. The first kappa shape index (κ1) is 21.5. The number of alkyl halides is 3. The highest BCUT2D eigenvalue weighted by atomic mass is 35.5. The number of allylic oxidation sites excluding steroid dienone is 1. The third-order valence-corrected chi connectivity index (χ3v) is 6.80. The second kappa shape index (κ2) is 10.0. The summed E-state index contributed by atoms with van der Waals surface area (Å²) in [5.74, 6) is 2.69. The molecule has 0 N–H and O–H groups in total. The topological polar surface area (TPSA) is 9.23 Å². The van der Waals surface area contributed by atoms with Crippen molar-refractivity contribution in [1.82, 2.24) is 0 Å². The lowest BCUT2D eigenvalue weighted by molar-refractivity contribution is -0.274. The van der Waals surface area contributed by atoms with Crippen LogP contribution in [0.3, 0.4) is 0 Å². The van der Waals surface area contributed by atoms with E-state index in [2.05, 4.69) is 10.8 Å². The van der Waals surface area contributed by atoms with E-state index in [9.17, 15) is 13.2 Å². The van der Waals surface area contributed by atoms with Gasteiger partial charge in [0, 0.05) is 5.54 Å². The van der Waals surface area contributed by atoms with Crippen molar-refractivity contribution in [3.8, 4) is 5.75 Å². The van der Waals surface area contributed by atoms with Crippen molar-refractivity contribution >= 4 is 11.6 Å². The van der Waals surface area contributed by atoms with Crippen LogP contribution < -0.4 is 4.74 Å². The molecule has 0 atom stereocenters.